The maximum Gasteiger partial charge on any atom is 0.333 e. The van der Waals surface area contributed by atoms with E-state index in [1.807, 2.05) is 6.92 Å². The second-order valence-electron chi connectivity index (χ2n) is 1.98. The Morgan fingerprint density at radius 2 is 2.20 bits per heavy atom. The third-order valence-electron chi connectivity index (χ3n) is 1.12. The molecule has 0 rings (SSSR count). The van der Waals surface area contributed by atoms with Crippen molar-refractivity contribution in [2.45, 2.75) is 19.8 Å². The van der Waals surface area contributed by atoms with Gasteiger partial charge < -0.3 is 10.2 Å². The molecule has 0 saturated carbocycles. The lowest BCUT2D eigenvalue weighted by atomic mass is 10.2. The lowest BCUT2D eigenvalue weighted by molar-refractivity contribution is -0.133. The summed E-state index contributed by atoms with van der Waals surface area (Å²) in [6, 6.07) is 0. The fraction of sp³-hybridized carbons (Fsp3) is 0.571. The third kappa shape index (κ3) is 3.25. The molecule has 0 radical (unpaired) electrons. The van der Waals surface area contributed by atoms with Crippen molar-refractivity contribution in [2.75, 3.05) is 6.61 Å². The number of hydrogen-bond acceptors (Lipinski definition) is 2. The molecule has 0 unspecified atom stereocenters. The van der Waals surface area contributed by atoms with E-state index < -0.39 is 5.97 Å². The first-order valence-electron chi connectivity index (χ1n) is 3.25. The van der Waals surface area contributed by atoms with Crippen LogP contribution in [0.1, 0.15) is 19.8 Å². The molecule has 0 bridgehead atoms. The lowest BCUT2D eigenvalue weighted by Crippen LogP contribution is -2.04. The zero-order chi connectivity index (χ0) is 7.98. The van der Waals surface area contributed by atoms with Crippen molar-refractivity contribution in [3.63, 3.8) is 0 Å². The van der Waals surface area contributed by atoms with E-state index in [1.54, 1.807) is 6.08 Å². The average Bonchev–Trinajstić information content (AvgIpc) is 1.89. The van der Waals surface area contributed by atoms with Gasteiger partial charge in [-0.3, -0.25) is 0 Å². The predicted octanol–water partition coefficient (Wildman–Crippen LogP) is 0.790. The van der Waals surface area contributed by atoms with Crippen LogP contribution in [0.15, 0.2) is 11.6 Å². The van der Waals surface area contributed by atoms with E-state index in [0.717, 1.165) is 6.42 Å². The van der Waals surface area contributed by atoms with Crippen LogP contribution in [0.5, 0.6) is 0 Å². The van der Waals surface area contributed by atoms with E-state index in [4.69, 9.17) is 10.2 Å². The molecular formula is C7H12O3. The van der Waals surface area contributed by atoms with Crippen LogP contribution >= 0.6 is 0 Å². The van der Waals surface area contributed by atoms with Crippen molar-refractivity contribution in [3.05, 3.63) is 11.6 Å². The highest BCUT2D eigenvalue weighted by Crippen LogP contribution is 1.97. The number of rotatable bonds is 4. The molecule has 0 aromatic rings. The normalized spacial score (nSPS) is 11.6. The SMILES string of the molecule is CCCC=C(CO)C(=O)O. The standard InChI is InChI=1S/C7H12O3/c1-2-3-4-6(5-8)7(9)10/h4,8H,2-3,5H2,1H3,(H,9,10). The molecule has 3 heteroatoms. The highest BCUT2D eigenvalue weighted by Gasteiger charge is 2.02. The van der Waals surface area contributed by atoms with E-state index in [-0.39, 0.29) is 12.2 Å². The van der Waals surface area contributed by atoms with Gasteiger partial charge >= 0.3 is 5.97 Å². The average molecular weight is 144 g/mol. The Morgan fingerprint density at radius 1 is 1.60 bits per heavy atom. The van der Waals surface area contributed by atoms with Gasteiger partial charge in [0.05, 0.1) is 12.2 Å². The van der Waals surface area contributed by atoms with Crippen molar-refractivity contribution in [1.82, 2.24) is 0 Å². The van der Waals surface area contributed by atoms with Crippen LogP contribution in [-0.2, 0) is 4.79 Å². The Balaban J connectivity index is 3.91. The molecular weight excluding hydrogens is 132 g/mol. The lowest BCUT2D eigenvalue weighted by Gasteiger charge is -1.94. The highest BCUT2D eigenvalue weighted by molar-refractivity contribution is 5.86. The summed E-state index contributed by atoms with van der Waals surface area (Å²) in [5, 5.41) is 16.8. The quantitative estimate of drug-likeness (QED) is 0.573. The summed E-state index contributed by atoms with van der Waals surface area (Å²) >= 11 is 0. The van der Waals surface area contributed by atoms with Crippen LogP contribution in [0.3, 0.4) is 0 Å². The number of aliphatic carboxylic acids is 1. The Hall–Kier alpha value is -0.830. The summed E-state index contributed by atoms with van der Waals surface area (Å²) < 4.78 is 0. The van der Waals surface area contributed by atoms with Gasteiger partial charge in [0.1, 0.15) is 0 Å². The number of allylic oxidation sites excluding steroid dienone is 1. The number of carboxylic acid groups (broad SMARTS) is 1. The Labute approximate surface area is 60.0 Å². The second kappa shape index (κ2) is 4.99. The maximum atomic E-state index is 10.2. The van der Waals surface area contributed by atoms with Crippen LogP contribution in [0.25, 0.3) is 0 Å². The summed E-state index contributed by atoms with van der Waals surface area (Å²) in [6.07, 6.45) is 3.15. The van der Waals surface area contributed by atoms with Gasteiger partial charge in [0, 0.05) is 0 Å². The minimum absolute atomic E-state index is 0.0850. The molecule has 58 valence electrons. The first-order chi connectivity index (χ1) is 4.72. The van der Waals surface area contributed by atoms with Crippen molar-refractivity contribution < 1.29 is 15.0 Å². The number of aliphatic hydroxyl groups is 1. The van der Waals surface area contributed by atoms with Gasteiger partial charge in [0.15, 0.2) is 0 Å². The maximum absolute atomic E-state index is 10.2. The van der Waals surface area contributed by atoms with Gasteiger partial charge in [-0.2, -0.15) is 0 Å². The molecule has 10 heavy (non-hydrogen) atoms. The summed E-state index contributed by atoms with van der Waals surface area (Å²) in [6.45, 7) is 1.57. The molecule has 0 spiro atoms. The summed E-state index contributed by atoms with van der Waals surface area (Å²) in [4.78, 5) is 10.2. The summed E-state index contributed by atoms with van der Waals surface area (Å²) in [5.74, 6) is -1.03. The van der Waals surface area contributed by atoms with Crippen LogP contribution in [0, 0.1) is 0 Å². The fourth-order valence-corrected chi connectivity index (χ4v) is 0.538. The predicted molar refractivity (Wildman–Crippen MR) is 37.7 cm³/mol. The molecule has 0 heterocycles. The van der Waals surface area contributed by atoms with Crippen LogP contribution in [0.4, 0.5) is 0 Å². The van der Waals surface area contributed by atoms with Gasteiger partial charge in [-0.25, -0.2) is 4.79 Å². The molecule has 0 saturated heterocycles. The summed E-state index contributed by atoms with van der Waals surface area (Å²) in [5.41, 5.74) is 0.0850. The van der Waals surface area contributed by atoms with Gasteiger partial charge in [0.2, 0.25) is 0 Å². The van der Waals surface area contributed by atoms with E-state index in [1.165, 1.54) is 0 Å². The summed E-state index contributed by atoms with van der Waals surface area (Å²) in [7, 11) is 0. The number of aliphatic hydroxyl groups excluding tert-OH is 1. The largest absolute Gasteiger partial charge is 0.478 e. The van der Waals surface area contributed by atoms with Crippen molar-refractivity contribution in [2.24, 2.45) is 0 Å². The molecule has 0 aromatic heterocycles. The van der Waals surface area contributed by atoms with Crippen molar-refractivity contribution >= 4 is 5.97 Å². The van der Waals surface area contributed by atoms with Crippen LogP contribution in [0.2, 0.25) is 0 Å². The number of carboxylic acids is 1. The second-order valence-corrected chi connectivity index (χ2v) is 1.98. The molecule has 0 fully saturated rings. The number of hydrogen-bond donors (Lipinski definition) is 2. The Bertz CT molecular complexity index is 138. The molecule has 0 aromatic carbocycles. The van der Waals surface area contributed by atoms with E-state index in [2.05, 4.69) is 0 Å². The number of carbonyl (C=O) groups is 1. The zero-order valence-electron chi connectivity index (χ0n) is 6.00. The Kier molecular flexibility index (Phi) is 4.58. The van der Waals surface area contributed by atoms with Crippen molar-refractivity contribution in [1.29, 1.82) is 0 Å². The third-order valence-corrected chi connectivity index (χ3v) is 1.12. The minimum atomic E-state index is -1.03. The molecule has 2 N–H and O–H groups in total. The molecule has 3 nitrogen and oxygen atoms in total. The number of unbranched alkanes of at least 4 members (excludes halogenated alkanes) is 1. The monoisotopic (exact) mass is 144 g/mol. The van der Waals surface area contributed by atoms with Gasteiger partial charge in [-0.1, -0.05) is 19.4 Å². The fourth-order valence-electron chi connectivity index (χ4n) is 0.538. The Morgan fingerprint density at radius 3 is 2.50 bits per heavy atom. The molecule has 0 amide bonds. The van der Waals surface area contributed by atoms with Crippen LogP contribution < -0.4 is 0 Å². The first-order valence-corrected chi connectivity index (χ1v) is 3.25. The molecule has 0 aliphatic carbocycles. The van der Waals surface area contributed by atoms with Gasteiger partial charge in [-0.15, -0.1) is 0 Å². The molecule has 0 aliphatic heterocycles. The minimum Gasteiger partial charge on any atom is -0.478 e. The molecule has 0 aliphatic rings. The van der Waals surface area contributed by atoms with Gasteiger partial charge in [-0.05, 0) is 6.42 Å². The van der Waals surface area contributed by atoms with Gasteiger partial charge in [0.25, 0.3) is 0 Å². The van der Waals surface area contributed by atoms with Crippen LogP contribution in [-0.4, -0.2) is 22.8 Å². The van der Waals surface area contributed by atoms with E-state index in [0.29, 0.717) is 6.42 Å². The van der Waals surface area contributed by atoms with Crippen molar-refractivity contribution in [3.8, 4) is 0 Å². The topological polar surface area (TPSA) is 57.5 Å². The van der Waals surface area contributed by atoms with E-state index in [9.17, 15) is 4.79 Å². The molecule has 0 atom stereocenters. The first kappa shape index (κ1) is 9.17. The highest BCUT2D eigenvalue weighted by atomic mass is 16.4. The zero-order valence-corrected chi connectivity index (χ0v) is 6.00. The van der Waals surface area contributed by atoms with E-state index >= 15 is 0 Å². The smallest absolute Gasteiger partial charge is 0.333 e.